The maximum absolute atomic E-state index is 12.4. The van der Waals surface area contributed by atoms with E-state index in [1.165, 1.54) is 0 Å². The molecule has 0 fully saturated rings. The molecule has 0 radical (unpaired) electrons. The van der Waals surface area contributed by atoms with Gasteiger partial charge in [0.1, 0.15) is 0 Å². The van der Waals surface area contributed by atoms with Gasteiger partial charge >= 0.3 is 0 Å². The first-order valence-electron chi connectivity index (χ1n) is 8.88. The molecule has 0 aliphatic heterocycles. The van der Waals surface area contributed by atoms with E-state index in [0.717, 1.165) is 33.9 Å². The Morgan fingerprint density at radius 2 is 2.19 bits per heavy atom. The minimum absolute atomic E-state index is 0.0414. The SMILES string of the molecule is Cc1nn(CCC#N)c(C)c1CCC(=O)Nc1cccc(-c2ccn[nH]2)c1. The topological polar surface area (TPSA) is 99.4 Å². The Kier molecular flexibility index (Phi) is 5.67. The first-order valence-corrected chi connectivity index (χ1v) is 8.88. The number of benzene rings is 1. The molecular weight excluding hydrogens is 340 g/mol. The van der Waals surface area contributed by atoms with Crippen LogP contribution in [0.1, 0.15) is 29.8 Å². The van der Waals surface area contributed by atoms with Crippen molar-refractivity contribution >= 4 is 11.6 Å². The van der Waals surface area contributed by atoms with Crippen LogP contribution < -0.4 is 5.32 Å². The molecule has 7 heteroatoms. The van der Waals surface area contributed by atoms with Gasteiger partial charge in [-0.2, -0.15) is 15.5 Å². The molecule has 2 N–H and O–H groups in total. The van der Waals surface area contributed by atoms with Gasteiger partial charge in [0.2, 0.25) is 5.91 Å². The minimum atomic E-state index is -0.0414. The molecule has 2 aromatic heterocycles. The average molecular weight is 362 g/mol. The van der Waals surface area contributed by atoms with Crippen molar-refractivity contribution in [3.63, 3.8) is 0 Å². The van der Waals surface area contributed by atoms with Crippen LogP contribution in [0, 0.1) is 25.2 Å². The summed E-state index contributed by atoms with van der Waals surface area (Å²) < 4.78 is 1.85. The molecule has 0 aliphatic carbocycles. The fourth-order valence-corrected chi connectivity index (χ4v) is 3.11. The van der Waals surface area contributed by atoms with Gasteiger partial charge in [-0.15, -0.1) is 0 Å². The predicted molar refractivity (Wildman–Crippen MR) is 103 cm³/mol. The van der Waals surface area contributed by atoms with E-state index in [-0.39, 0.29) is 5.91 Å². The molecule has 0 aliphatic rings. The van der Waals surface area contributed by atoms with Crippen LogP contribution in [0.2, 0.25) is 0 Å². The minimum Gasteiger partial charge on any atom is -0.326 e. The van der Waals surface area contributed by atoms with Crippen molar-refractivity contribution < 1.29 is 4.79 Å². The molecule has 0 saturated heterocycles. The Balaban J connectivity index is 1.62. The number of hydrogen-bond acceptors (Lipinski definition) is 4. The molecule has 1 amide bonds. The fourth-order valence-electron chi connectivity index (χ4n) is 3.11. The second-order valence-electron chi connectivity index (χ2n) is 6.38. The Morgan fingerprint density at radius 1 is 1.33 bits per heavy atom. The number of H-pyrrole nitrogens is 1. The second-order valence-corrected chi connectivity index (χ2v) is 6.38. The average Bonchev–Trinajstić information content (AvgIpc) is 3.28. The number of aryl methyl sites for hydroxylation is 2. The van der Waals surface area contributed by atoms with Gasteiger partial charge in [-0.3, -0.25) is 14.6 Å². The predicted octanol–water partition coefficient (Wildman–Crippen LogP) is 3.38. The Hall–Kier alpha value is -3.40. The fraction of sp³-hybridized carbons (Fsp3) is 0.300. The van der Waals surface area contributed by atoms with Gasteiger partial charge in [-0.05, 0) is 44.0 Å². The molecule has 0 saturated carbocycles. The van der Waals surface area contributed by atoms with Crippen molar-refractivity contribution in [3.05, 3.63) is 53.5 Å². The van der Waals surface area contributed by atoms with E-state index < -0.39 is 0 Å². The van der Waals surface area contributed by atoms with Crippen LogP contribution >= 0.6 is 0 Å². The number of aromatic nitrogens is 4. The Morgan fingerprint density at radius 3 is 2.93 bits per heavy atom. The lowest BCUT2D eigenvalue weighted by Crippen LogP contribution is -2.12. The van der Waals surface area contributed by atoms with Gasteiger partial charge in [-0.1, -0.05) is 12.1 Å². The van der Waals surface area contributed by atoms with Gasteiger partial charge in [0.05, 0.1) is 30.4 Å². The molecule has 3 rings (SSSR count). The third-order valence-corrected chi connectivity index (χ3v) is 4.53. The zero-order valence-corrected chi connectivity index (χ0v) is 15.5. The molecule has 2 heterocycles. The van der Waals surface area contributed by atoms with Crippen LogP contribution in [-0.2, 0) is 17.8 Å². The third kappa shape index (κ3) is 4.42. The summed E-state index contributed by atoms with van der Waals surface area (Å²) in [6.45, 7) is 4.51. The molecule has 0 spiro atoms. The van der Waals surface area contributed by atoms with Crippen LogP contribution in [0.25, 0.3) is 11.3 Å². The summed E-state index contributed by atoms with van der Waals surface area (Å²) in [5, 5.41) is 23.0. The van der Waals surface area contributed by atoms with Crippen molar-refractivity contribution in [1.82, 2.24) is 20.0 Å². The number of hydrogen-bond donors (Lipinski definition) is 2. The molecule has 7 nitrogen and oxygen atoms in total. The normalized spacial score (nSPS) is 10.6. The number of amides is 1. The van der Waals surface area contributed by atoms with Crippen LogP contribution in [0.15, 0.2) is 36.5 Å². The first-order chi connectivity index (χ1) is 13.1. The Labute approximate surface area is 158 Å². The molecule has 1 aromatic carbocycles. The summed E-state index contributed by atoms with van der Waals surface area (Å²) in [6.07, 6.45) is 3.12. The van der Waals surface area contributed by atoms with E-state index in [4.69, 9.17) is 5.26 Å². The molecule has 0 atom stereocenters. The first kappa shape index (κ1) is 18.4. The third-order valence-electron chi connectivity index (χ3n) is 4.53. The van der Waals surface area contributed by atoms with Crippen molar-refractivity contribution in [1.29, 1.82) is 5.26 Å². The van der Waals surface area contributed by atoms with E-state index >= 15 is 0 Å². The lowest BCUT2D eigenvalue weighted by Gasteiger charge is -2.07. The van der Waals surface area contributed by atoms with Gasteiger partial charge < -0.3 is 5.32 Å². The molecule has 27 heavy (non-hydrogen) atoms. The Bertz CT molecular complexity index is 965. The standard InChI is InChI=1S/C20H22N6O/c1-14-18(15(2)26(25-14)12-4-10-21)7-8-20(27)23-17-6-3-5-16(13-17)19-9-11-22-24-19/h3,5-6,9,11,13H,4,7-8,12H2,1-2H3,(H,22,24)(H,23,27). The number of rotatable bonds is 7. The van der Waals surface area contributed by atoms with E-state index in [9.17, 15) is 4.79 Å². The summed E-state index contributed by atoms with van der Waals surface area (Å²) in [5.41, 5.74) is 5.65. The smallest absolute Gasteiger partial charge is 0.224 e. The highest BCUT2D eigenvalue weighted by Gasteiger charge is 2.13. The van der Waals surface area contributed by atoms with Crippen molar-refractivity contribution in [2.75, 3.05) is 5.32 Å². The number of carbonyl (C=O) groups is 1. The molecule has 138 valence electrons. The summed E-state index contributed by atoms with van der Waals surface area (Å²) in [4.78, 5) is 12.4. The van der Waals surface area contributed by atoms with E-state index in [1.807, 2.05) is 48.9 Å². The number of nitrogens with one attached hydrogen (secondary N) is 2. The van der Waals surface area contributed by atoms with Gasteiger partial charge in [0.25, 0.3) is 0 Å². The van der Waals surface area contributed by atoms with Crippen molar-refractivity contribution in [3.8, 4) is 17.3 Å². The lowest BCUT2D eigenvalue weighted by molar-refractivity contribution is -0.116. The maximum atomic E-state index is 12.4. The van der Waals surface area contributed by atoms with Crippen molar-refractivity contribution in [2.24, 2.45) is 0 Å². The van der Waals surface area contributed by atoms with Gasteiger partial charge in [0, 0.05) is 29.6 Å². The molecular formula is C20H22N6O. The molecule has 0 unspecified atom stereocenters. The van der Waals surface area contributed by atoms with E-state index in [2.05, 4.69) is 26.7 Å². The number of carbonyl (C=O) groups excluding carboxylic acids is 1. The van der Waals surface area contributed by atoms with E-state index in [0.29, 0.717) is 25.8 Å². The zero-order valence-electron chi connectivity index (χ0n) is 15.5. The number of anilines is 1. The molecule has 0 bridgehead atoms. The number of nitrogens with zero attached hydrogens (tertiary/aromatic N) is 4. The van der Waals surface area contributed by atoms with Crippen LogP contribution in [0.3, 0.4) is 0 Å². The van der Waals surface area contributed by atoms with Crippen molar-refractivity contribution in [2.45, 2.75) is 39.7 Å². The van der Waals surface area contributed by atoms with Crippen LogP contribution in [-0.4, -0.2) is 25.9 Å². The van der Waals surface area contributed by atoms with Gasteiger partial charge in [-0.25, -0.2) is 0 Å². The largest absolute Gasteiger partial charge is 0.326 e. The van der Waals surface area contributed by atoms with Crippen LogP contribution in [0.4, 0.5) is 5.69 Å². The second kappa shape index (κ2) is 8.32. The highest BCUT2D eigenvalue weighted by Crippen LogP contribution is 2.21. The lowest BCUT2D eigenvalue weighted by atomic mass is 10.1. The number of nitriles is 1. The summed E-state index contributed by atoms with van der Waals surface area (Å²) >= 11 is 0. The monoisotopic (exact) mass is 362 g/mol. The quantitative estimate of drug-likeness (QED) is 0.673. The number of aromatic amines is 1. The highest BCUT2D eigenvalue weighted by atomic mass is 16.1. The maximum Gasteiger partial charge on any atom is 0.224 e. The molecule has 3 aromatic rings. The zero-order chi connectivity index (χ0) is 19.2. The van der Waals surface area contributed by atoms with Crippen LogP contribution in [0.5, 0.6) is 0 Å². The highest BCUT2D eigenvalue weighted by molar-refractivity contribution is 5.91. The summed E-state index contributed by atoms with van der Waals surface area (Å²) in [7, 11) is 0. The summed E-state index contributed by atoms with van der Waals surface area (Å²) in [5.74, 6) is -0.0414. The van der Waals surface area contributed by atoms with Gasteiger partial charge in [0.15, 0.2) is 0 Å². The van der Waals surface area contributed by atoms with E-state index in [1.54, 1.807) is 6.20 Å². The summed E-state index contributed by atoms with van der Waals surface area (Å²) in [6, 6.07) is 11.7.